The molecule has 180 valence electrons. The number of fused-ring (bicyclic) bond motifs is 2. The first-order valence-electron chi connectivity index (χ1n) is 11.7. The van der Waals surface area contributed by atoms with Gasteiger partial charge in [0.2, 0.25) is 0 Å². The number of ether oxygens (including phenoxy) is 1. The number of hydrogen-bond donors (Lipinski definition) is 1. The lowest BCUT2D eigenvalue weighted by Crippen LogP contribution is -2.26. The average Bonchev–Trinajstić information content (AvgIpc) is 2.81. The summed E-state index contributed by atoms with van der Waals surface area (Å²) in [5.41, 5.74) is 7.47. The van der Waals surface area contributed by atoms with E-state index in [-0.39, 0.29) is 5.97 Å². The lowest BCUT2D eigenvalue weighted by atomic mass is 9.97. The summed E-state index contributed by atoms with van der Waals surface area (Å²) in [7, 11) is 4.23. The van der Waals surface area contributed by atoms with E-state index in [1.165, 1.54) is 34.4 Å². The van der Waals surface area contributed by atoms with Gasteiger partial charge in [0.1, 0.15) is 0 Å². The number of likely N-dealkylation sites (N-methyl/N-ethyl adjacent to an activating group) is 2. The summed E-state index contributed by atoms with van der Waals surface area (Å²) in [6, 6.07) is 12.5. The van der Waals surface area contributed by atoms with Crippen LogP contribution in [0.15, 0.2) is 48.6 Å². The first kappa shape index (κ1) is 25.4. The second-order valence-electron chi connectivity index (χ2n) is 8.79. The third-order valence-corrected chi connectivity index (χ3v) is 5.98. The summed E-state index contributed by atoms with van der Waals surface area (Å²) < 4.78 is 4.86. The Bertz CT molecular complexity index is 1070. The van der Waals surface area contributed by atoms with Gasteiger partial charge in [-0.25, -0.2) is 9.59 Å². The number of hydrogen-bond acceptors (Lipinski definition) is 5. The van der Waals surface area contributed by atoms with Crippen LogP contribution in [-0.2, 0) is 40.3 Å². The minimum Gasteiger partial charge on any atom is -0.478 e. The van der Waals surface area contributed by atoms with Crippen LogP contribution in [0, 0.1) is 0 Å². The van der Waals surface area contributed by atoms with E-state index >= 15 is 0 Å². The number of carboxylic acids is 1. The summed E-state index contributed by atoms with van der Waals surface area (Å²) >= 11 is 0. The standard InChI is InChI=1S/C15H19NO2.C13H15NO2/c1-3-18-15(17)7-5-12-4-6-13-8-9-16(2)11-14(13)10-12;1-14-7-6-11-4-2-10(3-5-13(15)16)8-12(11)9-14/h4-7,10H,3,8-9,11H2,1-2H3;2-5,8H,6-7,9H2,1H3,(H,15,16)/b7-5+;5-3+. The number of nitrogens with zero attached hydrogens (tertiary/aromatic N) is 2. The molecular formula is C28H34N2O4. The Labute approximate surface area is 202 Å². The quantitative estimate of drug-likeness (QED) is 0.535. The van der Waals surface area contributed by atoms with Gasteiger partial charge in [-0.2, -0.15) is 0 Å². The molecule has 1 N–H and O–H groups in total. The van der Waals surface area contributed by atoms with Crippen molar-refractivity contribution in [2.75, 3.05) is 33.8 Å². The molecule has 0 amide bonds. The molecule has 0 atom stereocenters. The first-order chi connectivity index (χ1) is 16.3. The molecule has 4 rings (SSSR count). The van der Waals surface area contributed by atoms with Gasteiger partial charge in [0, 0.05) is 38.3 Å². The topological polar surface area (TPSA) is 70.1 Å². The van der Waals surface area contributed by atoms with E-state index in [4.69, 9.17) is 9.84 Å². The van der Waals surface area contributed by atoms with Gasteiger partial charge < -0.3 is 19.6 Å². The lowest BCUT2D eigenvalue weighted by molar-refractivity contribution is -0.137. The minimum absolute atomic E-state index is 0.285. The molecule has 0 unspecified atom stereocenters. The molecule has 0 bridgehead atoms. The molecule has 0 saturated heterocycles. The van der Waals surface area contributed by atoms with Crippen LogP contribution in [0.5, 0.6) is 0 Å². The summed E-state index contributed by atoms with van der Waals surface area (Å²) in [5.74, 6) is -1.19. The Hall–Kier alpha value is -3.22. The Morgan fingerprint density at radius 2 is 1.35 bits per heavy atom. The molecule has 0 radical (unpaired) electrons. The van der Waals surface area contributed by atoms with Gasteiger partial charge in [-0.15, -0.1) is 0 Å². The van der Waals surface area contributed by atoms with Crippen molar-refractivity contribution in [2.24, 2.45) is 0 Å². The molecule has 0 aromatic heterocycles. The highest BCUT2D eigenvalue weighted by atomic mass is 16.5. The molecule has 0 spiro atoms. The molecule has 0 fully saturated rings. The number of aliphatic carboxylic acids is 1. The summed E-state index contributed by atoms with van der Waals surface area (Å²) in [6.07, 6.45) is 8.29. The van der Waals surface area contributed by atoms with Crippen LogP contribution in [-0.4, -0.2) is 60.6 Å². The van der Waals surface area contributed by atoms with Crippen LogP contribution in [0.25, 0.3) is 12.2 Å². The van der Waals surface area contributed by atoms with Crippen LogP contribution in [0.4, 0.5) is 0 Å². The number of benzene rings is 2. The van der Waals surface area contributed by atoms with Crippen molar-refractivity contribution in [2.45, 2.75) is 32.9 Å². The highest BCUT2D eigenvalue weighted by Gasteiger charge is 2.13. The van der Waals surface area contributed by atoms with Crippen LogP contribution >= 0.6 is 0 Å². The first-order valence-corrected chi connectivity index (χ1v) is 11.7. The van der Waals surface area contributed by atoms with Gasteiger partial charge in [-0.1, -0.05) is 36.4 Å². The van der Waals surface area contributed by atoms with Crippen LogP contribution < -0.4 is 0 Å². The second kappa shape index (κ2) is 12.3. The predicted molar refractivity (Wildman–Crippen MR) is 135 cm³/mol. The molecule has 2 heterocycles. The van der Waals surface area contributed by atoms with Crippen molar-refractivity contribution in [1.82, 2.24) is 9.80 Å². The molecule has 0 aliphatic carbocycles. The fraction of sp³-hybridized carbons (Fsp3) is 0.357. The zero-order valence-electron chi connectivity index (χ0n) is 20.3. The number of carboxylic acid groups (broad SMARTS) is 1. The zero-order chi connectivity index (χ0) is 24.5. The van der Waals surface area contributed by atoms with Crippen LogP contribution in [0.2, 0.25) is 0 Å². The van der Waals surface area contributed by atoms with Gasteiger partial charge in [-0.3, -0.25) is 0 Å². The van der Waals surface area contributed by atoms with Crippen molar-refractivity contribution in [3.05, 3.63) is 81.9 Å². The van der Waals surface area contributed by atoms with Crippen molar-refractivity contribution >= 4 is 24.1 Å². The Morgan fingerprint density at radius 1 is 0.853 bits per heavy atom. The molecule has 2 aliphatic rings. The van der Waals surface area contributed by atoms with Gasteiger partial charge in [-0.05, 0) is 79.4 Å². The van der Waals surface area contributed by atoms with Crippen molar-refractivity contribution in [3.8, 4) is 0 Å². The van der Waals surface area contributed by atoms with E-state index in [0.717, 1.165) is 50.1 Å². The average molecular weight is 463 g/mol. The number of esters is 1. The Balaban J connectivity index is 0.000000192. The highest BCUT2D eigenvalue weighted by Crippen LogP contribution is 2.21. The van der Waals surface area contributed by atoms with Crippen LogP contribution in [0.1, 0.15) is 40.3 Å². The van der Waals surface area contributed by atoms with E-state index in [2.05, 4.69) is 54.2 Å². The summed E-state index contributed by atoms with van der Waals surface area (Å²) in [6.45, 7) is 6.36. The SMILES string of the molecule is CCOC(=O)/C=C/c1ccc2c(c1)CN(C)CC2.CN1CCc2ccc(/C=C/C(=O)O)cc2C1. The molecule has 2 aromatic carbocycles. The number of carbonyl (C=O) groups excluding carboxylic acids is 1. The Kier molecular flexibility index (Phi) is 9.19. The maximum Gasteiger partial charge on any atom is 0.330 e. The molecule has 0 saturated carbocycles. The Morgan fingerprint density at radius 3 is 1.82 bits per heavy atom. The second-order valence-corrected chi connectivity index (χ2v) is 8.79. The van der Waals surface area contributed by atoms with E-state index in [0.29, 0.717) is 6.61 Å². The van der Waals surface area contributed by atoms with Crippen LogP contribution in [0.3, 0.4) is 0 Å². The van der Waals surface area contributed by atoms with Gasteiger partial charge in [0.25, 0.3) is 0 Å². The van der Waals surface area contributed by atoms with Crippen molar-refractivity contribution < 1.29 is 19.4 Å². The van der Waals surface area contributed by atoms with E-state index in [1.807, 2.05) is 12.1 Å². The molecular weight excluding hydrogens is 428 g/mol. The monoisotopic (exact) mass is 462 g/mol. The molecule has 34 heavy (non-hydrogen) atoms. The third-order valence-electron chi connectivity index (χ3n) is 5.98. The molecule has 6 heteroatoms. The summed E-state index contributed by atoms with van der Waals surface area (Å²) in [4.78, 5) is 26.2. The van der Waals surface area contributed by atoms with Gasteiger partial charge in [0.15, 0.2) is 0 Å². The van der Waals surface area contributed by atoms with E-state index in [1.54, 1.807) is 13.0 Å². The molecule has 2 aromatic rings. The maximum absolute atomic E-state index is 11.2. The van der Waals surface area contributed by atoms with E-state index in [9.17, 15) is 9.59 Å². The smallest absolute Gasteiger partial charge is 0.330 e. The maximum atomic E-state index is 11.2. The zero-order valence-corrected chi connectivity index (χ0v) is 20.3. The minimum atomic E-state index is -0.908. The fourth-order valence-electron chi connectivity index (χ4n) is 4.17. The number of carbonyl (C=O) groups is 2. The fourth-order valence-corrected chi connectivity index (χ4v) is 4.17. The molecule has 6 nitrogen and oxygen atoms in total. The van der Waals surface area contributed by atoms with Gasteiger partial charge >= 0.3 is 11.9 Å². The van der Waals surface area contributed by atoms with Crippen molar-refractivity contribution in [1.29, 1.82) is 0 Å². The lowest BCUT2D eigenvalue weighted by Gasteiger charge is -2.25. The largest absolute Gasteiger partial charge is 0.478 e. The number of rotatable bonds is 5. The van der Waals surface area contributed by atoms with E-state index < -0.39 is 5.97 Å². The molecule has 2 aliphatic heterocycles. The highest BCUT2D eigenvalue weighted by molar-refractivity contribution is 5.87. The normalized spacial score (nSPS) is 16.0. The predicted octanol–water partition coefficient (Wildman–Crippen LogP) is 4.02. The van der Waals surface area contributed by atoms with Crippen molar-refractivity contribution in [3.63, 3.8) is 0 Å². The van der Waals surface area contributed by atoms with Gasteiger partial charge in [0.05, 0.1) is 6.61 Å². The summed E-state index contributed by atoms with van der Waals surface area (Å²) in [5, 5.41) is 8.56. The third kappa shape index (κ3) is 7.68.